The summed E-state index contributed by atoms with van der Waals surface area (Å²) in [5.41, 5.74) is 1.62. The minimum Gasteiger partial charge on any atom is -0.508 e. The molecule has 0 amide bonds. The minimum absolute atomic E-state index is 0.0596. The Labute approximate surface area is 127 Å². The third-order valence-corrected chi connectivity index (χ3v) is 3.24. The van der Waals surface area contributed by atoms with Gasteiger partial charge in [0.2, 0.25) is 0 Å². The summed E-state index contributed by atoms with van der Waals surface area (Å²) in [5.74, 6) is -0.0596. The molecule has 0 aromatic carbocycles. The number of allylic oxidation sites excluding steroid dienone is 1. The molecule has 21 heavy (non-hydrogen) atoms. The Morgan fingerprint density at radius 2 is 2.10 bits per heavy atom. The number of halogens is 1. The van der Waals surface area contributed by atoms with Gasteiger partial charge in [0.05, 0.1) is 5.69 Å². The quantitative estimate of drug-likeness (QED) is 0.680. The topological polar surface area (TPSA) is 55.1 Å². The van der Waals surface area contributed by atoms with Gasteiger partial charge in [-0.15, -0.1) is 6.58 Å². The predicted octanol–water partition coefficient (Wildman–Crippen LogP) is 3.35. The zero-order valence-electron chi connectivity index (χ0n) is 11.4. The minimum atomic E-state index is -0.334. The standard InChI is InChI=1S/C16H15ClN2O2/c1-3-5-6-12-7-13(20)8-16(21)19(12)14-9-15(17)18-10-11(14)4-2/h3-4,7-10,20H,1-2,5-6H2. The van der Waals surface area contributed by atoms with Crippen LogP contribution in [0, 0.1) is 0 Å². The Morgan fingerprint density at radius 1 is 1.33 bits per heavy atom. The van der Waals surface area contributed by atoms with Gasteiger partial charge in [0.15, 0.2) is 0 Å². The van der Waals surface area contributed by atoms with Gasteiger partial charge < -0.3 is 5.11 Å². The van der Waals surface area contributed by atoms with Crippen LogP contribution in [0.1, 0.15) is 17.7 Å². The van der Waals surface area contributed by atoms with Crippen LogP contribution in [0.2, 0.25) is 5.15 Å². The van der Waals surface area contributed by atoms with E-state index in [1.54, 1.807) is 30.5 Å². The van der Waals surface area contributed by atoms with E-state index in [1.165, 1.54) is 10.6 Å². The summed E-state index contributed by atoms with van der Waals surface area (Å²) in [6.45, 7) is 7.40. The first-order chi connectivity index (χ1) is 10.1. The summed E-state index contributed by atoms with van der Waals surface area (Å²) in [4.78, 5) is 16.3. The average molecular weight is 303 g/mol. The summed E-state index contributed by atoms with van der Waals surface area (Å²) in [7, 11) is 0. The lowest BCUT2D eigenvalue weighted by Crippen LogP contribution is -2.21. The van der Waals surface area contributed by atoms with Gasteiger partial charge in [-0.3, -0.25) is 9.36 Å². The molecule has 0 saturated heterocycles. The molecule has 0 aliphatic heterocycles. The molecule has 1 N–H and O–H groups in total. The van der Waals surface area contributed by atoms with Crippen LogP contribution in [0.25, 0.3) is 11.8 Å². The number of aromatic hydroxyl groups is 1. The van der Waals surface area contributed by atoms with Gasteiger partial charge in [-0.2, -0.15) is 0 Å². The van der Waals surface area contributed by atoms with Crippen LogP contribution in [0.3, 0.4) is 0 Å². The largest absolute Gasteiger partial charge is 0.508 e. The molecule has 2 rings (SSSR count). The SMILES string of the molecule is C=CCCc1cc(O)cc(=O)n1-c1cc(Cl)ncc1C=C. The second kappa shape index (κ2) is 6.41. The van der Waals surface area contributed by atoms with E-state index in [9.17, 15) is 9.90 Å². The monoisotopic (exact) mass is 302 g/mol. The lowest BCUT2D eigenvalue weighted by Gasteiger charge is -2.15. The van der Waals surface area contributed by atoms with E-state index in [-0.39, 0.29) is 16.5 Å². The molecular weight excluding hydrogens is 288 g/mol. The second-order valence-electron chi connectivity index (χ2n) is 4.48. The molecule has 0 fully saturated rings. The highest BCUT2D eigenvalue weighted by molar-refractivity contribution is 6.29. The molecule has 0 bridgehead atoms. The molecule has 2 heterocycles. The molecule has 108 valence electrons. The van der Waals surface area contributed by atoms with Crippen molar-refractivity contribution in [2.75, 3.05) is 0 Å². The maximum atomic E-state index is 12.3. The van der Waals surface area contributed by atoms with Crippen molar-refractivity contribution in [3.63, 3.8) is 0 Å². The number of aryl methyl sites for hydroxylation is 1. The fourth-order valence-electron chi connectivity index (χ4n) is 2.10. The number of nitrogens with zero attached hydrogens (tertiary/aromatic N) is 2. The molecule has 0 spiro atoms. The summed E-state index contributed by atoms with van der Waals surface area (Å²) >= 11 is 5.94. The van der Waals surface area contributed by atoms with E-state index in [4.69, 9.17) is 11.6 Å². The smallest absolute Gasteiger partial charge is 0.259 e. The van der Waals surface area contributed by atoms with Gasteiger partial charge >= 0.3 is 0 Å². The van der Waals surface area contributed by atoms with Crippen LogP contribution >= 0.6 is 11.6 Å². The van der Waals surface area contributed by atoms with Crippen LogP contribution in [0.4, 0.5) is 0 Å². The Hall–Kier alpha value is -2.33. The van der Waals surface area contributed by atoms with Gasteiger partial charge in [-0.25, -0.2) is 4.98 Å². The fourth-order valence-corrected chi connectivity index (χ4v) is 2.25. The van der Waals surface area contributed by atoms with Crippen molar-refractivity contribution < 1.29 is 5.11 Å². The Morgan fingerprint density at radius 3 is 2.76 bits per heavy atom. The second-order valence-corrected chi connectivity index (χ2v) is 4.86. The van der Waals surface area contributed by atoms with Crippen molar-refractivity contribution in [1.29, 1.82) is 0 Å². The zero-order valence-corrected chi connectivity index (χ0v) is 12.2. The first kappa shape index (κ1) is 15.1. The van der Waals surface area contributed by atoms with E-state index in [2.05, 4.69) is 18.1 Å². The van der Waals surface area contributed by atoms with E-state index < -0.39 is 0 Å². The molecule has 2 aromatic heterocycles. The van der Waals surface area contributed by atoms with Crippen molar-refractivity contribution in [2.45, 2.75) is 12.8 Å². The van der Waals surface area contributed by atoms with Gasteiger partial charge in [-0.05, 0) is 12.8 Å². The Balaban J connectivity index is 2.73. The number of rotatable bonds is 5. The van der Waals surface area contributed by atoms with Crippen molar-refractivity contribution in [3.8, 4) is 11.4 Å². The van der Waals surface area contributed by atoms with Crippen molar-refractivity contribution >= 4 is 17.7 Å². The average Bonchev–Trinajstić information content (AvgIpc) is 2.44. The normalized spacial score (nSPS) is 10.3. The molecule has 0 aliphatic carbocycles. The first-order valence-electron chi connectivity index (χ1n) is 6.41. The lowest BCUT2D eigenvalue weighted by molar-refractivity contribution is 0.471. The third kappa shape index (κ3) is 3.23. The molecule has 0 aliphatic rings. The summed E-state index contributed by atoms with van der Waals surface area (Å²) in [6.07, 6.45) is 6.18. The first-order valence-corrected chi connectivity index (χ1v) is 6.79. The fraction of sp³-hybridized carbons (Fsp3) is 0.125. The zero-order chi connectivity index (χ0) is 15.4. The molecule has 4 nitrogen and oxygen atoms in total. The number of hydrogen-bond donors (Lipinski definition) is 1. The Kier molecular flexibility index (Phi) is 4.60. The maximum Gasteiger partial charge on any atom is 0.259 e. The molecule has 0 atom stereocenters. The van der Waals surface area contributed by atoms with Crippen LogP contribution in [-0.4, -0.2) is 14.7 Å². The van der Waals surface area contributed by atoms with Gasteiger partial charge in [-0.1, -0.05) is 30.3 Å². The van der Waals surface area contributed by atoms with Crippen molar-refractivity contribution in [3.05, 3.63) is 70.4 Å². The summed E-state index contributed by atoms with van der Waals surface area (Å²) < 4.78 is 1.51. The predicted molar refractivity (Wildman–Crippen MR) is 85.1 cm³/mol. The van der Waals surface area contributed by atoms with E-state index in [0.717, 1.165) is 0 Å². The van der Waals surface area contributed by atoms with Crippen molar-refractivity contribution in [2.24, 2.45) is 0 Å². The summed E-state index contributed by atoms with van der Waals surface area (Å²) in [5, 5.41) is 9.93. The van der Waals surface area contributed by atoms with Crippen LogP contribution in [0.5, 0.6) is 5.75 Å². The van der Waals surface area contributed by atoms with E-state index >= 15 is 0 Å². The maximum absolute atomic E-state index is 12.3. The number of hydrogen-bond acceptors (Lipinski definition) is 3. The summed E-state index contributed by atoms with van der Waals surface area (Å²) in [6, 6.07) is 4.33. The molecule has 0 unspecified atom stereocenters. The van der Waals surface area contributed by atoms with Gasteiger partial charge in [0.1, 0.15) is 10.9 Å². The molecule has 0 saturated carbocycles. The highest BCUT2D eigenvalue weighted by Crippen LogP contribution is 2.21. The molecular formula is C16H15ClN2O2. The van der Waals surface area contributed by atoms with Gasteiger partial charge in [0.25, 0.3) is 5.56 Å². The van der Waals surface area contributed by atoms with Crippen LogP contribution < -0.4 is 5.56 Å². The van der Waals surface area contributed by atoms with Crippen LogP contribution in [-0.2, 0) is 6.42 Å². The van der Waals surface area contributed by atoms with Crippen LogP contribution in [0.15, 0.2) is 48.4 Å². The van der Waals surface area contributed by atoms with Crippen molar-refractivity contribution in [1.82, 2.24) is 9.55 Å². The Bertz CT molecular complexity index is 750. The molecule has 5 heteroatoms. The third-order valence-electron chi connectivity index (χ3n) is 3.04. The van der Waals surface area contributed by atoms with E-state index in [1.807, 2.05) is 0 Å². The highest BCUT2D eigenvalue weighted by Gasteiger charge is 2.12. The van der Waals surface area contributed by atoms with Gasteiger partial charge in [0, 0.05) is 35.7 Å². The molecule has 2 aromatic rings. The number of aromatic nitrogens is 2. The molecule has 0 radical (unpaired) electrons. The highest BCUT2D eigenvalue weighted by atomic mass is 35.5. The number of pyridine rings is 2. The lowest BCUT2D eigenvalue weighted by atomic mass is 10.1. The van der Waals surface area contributed by atoms with E-state index in [0.29, 0.717) is 29.8 Å².